The molecule has 1 aromatic carbocycles. The molecule has 4 atom stereocenters. The van der Waals surface area contributed by atoms with Crippen LogP contribution in [0.4, 0.5) is 0 Å². The van der Waals surface area contributed by atoms with Gasteiger partial charge in [-0.1, -0.05) is 53.7 Å². The number of halogens is 1. The van der Waals surface area contributed by atoms with E-state index in [1.54, 1.807) is 0 Å². The largest absolute Gasteiger partial charge is 0.271 e. The van der Waals surface area contributed by atoms with E-state index < -0.39 is 0 Å². The Balaban J connectivity index is 1.63. The van der Waals surface area contributed by atoms with Gasteiger partial charge in [-0.15, -0.1) is 0 Å². The third kappa shape index (κ3) is 3.88. The summed E-state index contributed by atoms with van der Waals surface area (Å²) in [6, 6.07) is 9.05. The molecule has 0 saturated heterocycles. The molecule has 2 aliphatic rings. The van der Waals surface area contributed by atoms with Crippen LogP contribution in [0.3, 0.4) is 0 Å². The number of hydrogen-bond acceptors (Lipinski definition) is 2. The summed E-state index contributed by atoms with van der Waals surface area (Å²) in [5.74, 6) is 8.62. The SMILES string of the molecule is NNC(Cc1cccc(Br)c1)C1CCC2CCCCC2C1. The van der Waals surface area contributed by atoms with Crippen LogP contribution in [-0.4, -0.2) is 6.04 Å². The molecule has 0 amide bonds. The fourth-order valence-corrected chi connectivity index (χ4v) is 5.00. The molecule has 0 heterocycles. The molecule has 3 heteroatoms. The Bertz CT molecular complexity index is 462. The molecular formula is C18H27BrN2. The maximum Gasteiger partial charge on any atom is 0.0279 e. The van der Waals surface area contributed by atoms with Crippen molar-refractivity contribution >= 4 is 15.9 Å². The van der Waals surface area contributed by atoms with Crippen molar-refractivity contribution in [1.82, 2.24) is 5.43 Å². The summed E-state index contributed by atoms with van der Waals surface area (Å²) in [7, 11) is 0. The lowest BCUT2D eigenvalue weighted by Crippen LogP contribution is -2.45. The Hall–Kier alpha value is -0.380. The van der Waals surface area contributed by atoms with Gasteiger partial charge in [-0.25, -0.2) is 0 Å². The Morgan fingerprint density at radius 2 is 1.95 bits per heavy atom. The number of fused-ring (bicyclic) bond motifs is 1. The van der Waals surface area contributed by atoms with Gasteiger partial charge >= 0.3 is 0 Å². The minimum atomic E-state index is 0.419. The summed E-state index contributed by atoms with van der Waals surface area (Å²) >= 11 is 3.56. The van der Waals surface area contributed by atoms with Crippen molar-refractivity contribution in [2.24, 2.45) is 23.6 Å². The molecule has 0 spiro atoms. The highest BCUT2D eigenvalue weighted by molar-refractivity contribution is 9.10. The van der Waals surface area contributed by atoms with Gasteiger partial charge in [0.25, 0.3) is 0 Å². The van der Waals surface area contributed by atoms with E-state index in [0.29, 0.717) is 6.04 Å². The lowest BCUT2D eigenvalue weighted by Gasteiger charge is -2.42. The second kappa shape index (κ2) is 7.26. The third-order valence-electron chi connectivity index (χ3n) is 5.71. The van der Waals surface area contributed by atoms with Crippen LogP contribution in [0.1, 0.15) is 50.5 Å². The number of hydrazine groups is 1. The maximum atomic E-state index is 5.90. The zero-order valence-electron chi connectivity index (χ0n) is 12.7. The quantitative estimate of drug-likeness (QED) is 0.622. The monoisotopic (exact) mass is 350 g/mol. The molecule has 0 bridgehead atoms. The molecule has 4 unspecified atom stereocenters. The second-order valence-electron chi connectivity index (χ2n) is 6.98. The number of benzene rings is 1. The predicted molar refractivity (Wildman–Crippen MR) is 91.7 cm³/mol. The van der Waals surface area contributed by atoms with Crippen molar-refractivity contribution in [3.8, 4) is 0 Å². The molecule has 2 saturated carbocycles. The lowest BCUT2D eigenvalue weighted by atomic mass is 9.65. The Morgan fingerprint density at radius 3 is 2.71 bits per heavy atom. The summed E-state index contributed by atoms with van der Waals surface area (Å²) in [6.07, 6.45) is 11.0. The fourth-order valence-electron chi connectivity index (χ4n) is 4.55. The first kappa shape index (κ1) is 15.5. The second-order valence-corrected chi connectivity index (χ2v) is 7.90. The minimum Gasteiger partial charge on any atom is -0.271 e. The van der Waals surface area contributed by atoms with Gasteiger partial charge in [-0.05, 0) is 61.1 Å². The average molecular weight is 351 g/mol. The predicted octanol–water partition coefficient (Wildman–Crippen LogP) is 4.43. The molecule has 2 nitrogen and oxygen atoms in total. The van der Waals surface area contributed by atoms with Gasteiger partial charge in [0.2, 0.25) is 0 Å². The molecule has 2 fully saturated rings. The third-order valence-corrected chi connectivity index (χ3v) is 6.20. The van der Waals surface area contributed by atoms with Gasteiger partial charge in [0.1, 0.15) is 0 Å². The van der Waals surface area contributed by atoms with Crippen LogP contribution in [0, 0.1) is 17.8 Å². The molecule has 3 rings (SSSR count). The zero-order chi connectivity index (χ0) is 14.7. The van der Waals surface area contributed by atoms with E-state index in [9.17, 15) is 0 Å². The van der Waals surface area contributed by atoms with Crippen molar-refractivity contribution in [2.75, 3.05) is 0 Å². The van der Waals surface area contributed by atoms with Crippen molar-refractivity contribution in [2.45, 2.75) is 57.4 Å². The van der Waals surface area contributed by atoms with Crippen molar-refractivity contribution in [3.05, 3.63) is 34.3 Å². The van der Waals surface area contributed by atoms with Gasteiger partial charge in [-0.3, -0.25) is 11.3 Å². The smallest absolute Gasteiger partial charge is 0.0279 e. The summed E-state index contributed by atoms with van der Waals surface area (Å²) in [4.78, 5) is 0. The van der Waals surface area contributed by atoms with Crippen LogP contribution >= 0.6 is 15.9 Å². The van der Waals surface area contributed by atoms with Crippen LogP contribution in [0.15, 0.2) is 28.7 Å². The van der Waals surface area contributed by atoms with E-state index in [4.69, 9.17) is 5.84 Å². The van der Waals surface area contributed by atoms with Gasteiger partial charge in [0.05, 0.1) is 0 Å². The van der Waals surface area contributed by atoms with Gasteiger partial charge in [-0.2, -0.15) is 0 Å². The Morgan fingerprint density at radius 1 is 1.14 bits per heavy atom. The van der Waals surface area contributed by atoms with Crippen LogP contribution < -0.4 is 11.3 Å². The average Bonchev–Trinajstić information content (AvgIpc) is 2.52. The van der Waals surface area contributed by atoms with E-state index in [1.807, 2.05) is 0 Å². The fraction of sp³-hybridized carbons (Fsp3) is 0.667. The Labute approximate surface area is 137 Å². The van der Waals surface area contributed by atoms with Crippen LogP contribution in [0.2, 0.25) is 0 Å². The van der Waals surface area contributed by atoms with Gasteiger partial charge in [0.15, 0.2) is 0 Å². The molecule has 1 aromatic rings. The molecule has 21 heavy (non-hydrogen) atoms. The maximum absolute atomic E-state index is 5.90. The van der Waals surface area contributed by atoms with Gasteiger partial charge in [0, 0.05) is 10.5 Å². The summed E-state index contributed by atoms with van der Waals surface area (Å²) < 4.78 is 1.16. The van der Waals surface area contributed by atoms with E-state index in [1.165, 1.54) is 50.5 Å². The van der Waals surface area contributed by atoms with E-state index in [2.05, 4.69) is 45.6 Å². The lowest BCUT2D eigenvalue weighted by molar-refractivity contribution is 0.109. The van der Waals surface area contributed by atoms with E-state index in [0.717, 1.165) is 28.6 Å². The Kier molecular flexibility index (Phi) is 5.36. The van der Waals surface area contributed by atoms with E-state index >= 15 is 0 Å². The van der Waals surface area contributed by atoms with Crippen LogP contribution in [0.25, 0.3) is 0 Å². The van der Waals surface area contributed by atoms with Crippen molar-refractivity contribution in [1.29, 1.82) is 0 Å². The summed E-state index contributed by atoms with van der Waals surface area (Å²) in [5.41, 5.74) is 4.49. The topological polar surface area (TPSA) is 38.0 Å². The summed E-state index contributed by atoms with van der Waals surface area (Å²) in [5, 5.41) is 0. The van der Waals surface area contributed by atoms with Crippen molar-refractivity contribution in [3.63, 3.8) is 0 Å². The molecule has 3 N–H and O–H groups in total. The molecule has 116 valence electrons. The first-order valence-electron chi connectivity index (χ1n) is 8.47. The van der Waals surface area contributed by atoms with Crippen LogP contribution in [-0.2, 0) is 6.42 Å². The number of nitrogens with two attached hydrogens (primary N) is 1. The molecule has 0 aliphatic heterocycles. The zero-order valence-corrected chi connectivity index (χ0v) is 14.3. The minimum absolute atomic E-state index is 0.419. The first-order chi connectivity index (χ1) is 10.3. The highest BCUT2D eigenvalue weighted by Gasteiger charge is 2.35. The standard InChI is InChI=1S/C18H27BrN2/c19-17-7-3-4-13(10-17)11-18(21-20)16-9-8-14-5-1-2-6-15(14)12-16/h3-4,7,10,14-16,18,21H,1-2,5-6,8-9,11-12,20H2. The van der Waals surface area contributed by atoms with Gasteiger partial charge < -0.3 is 0 Å². The highest BCUT2D eigenvalue weighted by atomic mass is 79.9. The molecular weight excluding hydrogens is 324 g/mol. The molecule has 0 aromatic heterocycles. The van der Waals surface area contributed by atoms with Crippen LogP contribution in [0.5, 0.6) is 0 Å². The first-order valence-corrected chi connectivity index (χ1v) is 9.26. The van der Waals surface area contributed by atoms with Crippen molar-refractivity contribution < 1.29 is 0 Å². The number of rotatable bonds is 4. The molecule has 2 aliphatic carbocycles. The summed E-state index contributed by atoms with van der Waals surface area (Å²) in [6.45, 7) is 0. The highest BCUT2D eigenvalue weighted by Crippen LogP contribution is 2.43. The number of nitrogens with one attached hydrogen (secondary N) is 1. The molecule has 0 radical (unpaired) electrons. The normalized spacial score (nSPS) is 30.7. The number of hydrogen-bond donors (Lipinski definition) is 2. The van der Waals surface area contributed by atoms with E-state index in [-0.39, 0.29) is 0 Å².